The molecule has 126 valence electrons. The summed E-state index contributed by atoms with van der Waals surface area (Å²) < 4.78 is 22.6. The SMILES string of the molecule is CN(CCS(C)(=O)=O)C(CN)C1CCC(C(C)(C)C)CC1. The molecule has 1 saturated carbocycles. The molecule has 1 rings (SSSR count). The number of sulfone groups is 1. The lowest BCUT2D eigenvalue weighted by molar-refractivity contribution is 0.0976. The van der Waals surface area contributed by atoms with Gasteiger partial charge in [-0.1, -0.05) is 20.8 Å². The lowest BCUT2D eigenvalue weighted by atomic mass is 9.68. The first-order chi connectivity index (χ1) is 9.54. The zero-order valence-electron chi connectivity index (χ0n) is 14.4. The standard InChI is InChI=1S/C16H34N2O2S/c1-16(2,3)14-8-6-13(7-9-14)15(12-17)18(4)10-11-21(5,19)20/h13-15H,6-12,17H2,1-5H3. The van der Waals surface area contributed by atoms with Crippen LogP contribution in [0.4, 0.5) is 0 Å². The van der Waals surface area contributed by atoms with Crippen molar-refractivity contribution in [3.63, 3.8) is 0 Å². The van der Waals surface area contributed by atoms with Crippen LogP contribution < -0.4 is 5.73 Å². The molecule has 0 aliphatic heterocycles. The molecule has 1 fully saturated rings. The molecular weight excluding hydrogens is 284 g/mol. The predicted molar refractivity (Wildman–Crippen MR) is 90.1 cm³/mol. The molecule has 1 unspecified atom stereocenters. The summed E-state index contributed by atoms with van der Waals surface area (Å²) in [5.74, 6) is 1.63. The van der Waals surface area contributed by atoms with E-state index in [-0.39, 0.29) is 5.75 Å². The second kappa shape index (κ2) is 7.42. The monoisotopic (exact) mass is 318 g/mol. The van der Waals surface area contributed by atoms with E-state index in [1.807, 2.05) is 7.05 Å². The molecule has 0 aromatic carbocycles. The van der Waals surface area contributed by atoms with Crippen molar-refractivity contribution >= 4 is 9.84 Å². The molecule has 0 bridgehead atoms. The highest BCUT2D eigenvalue weighted by atomic mass is 32.2. The Balaban J connectivity index is 2.54. The van der Waals surface area contributed by atoms with Crippen LogP contribution in [0.2, 0.25) is 0 Å². The average molecular weight is 319 g/mol. The molecule has 0 heterocycles. The first-order valence-corrected chi connectivity index (χ1v) is 10.2. The molecule has 4 nitrogen and oxygen atoms in total. The summed E-state index contributed by atoms with van der Waals surface area (Å²) in [5, 5.41) is 0. The van der Waals surface area contributed by atoms with Gasteiger partial charge < -0.3 is 10.6 Å². The van der Waals surface area contributed by atoms with Crippen LogP contribution in [0.15, 0.2) is 0 Å². The lowest BCUT2D eigenvalue weighted by Gasteiger charge is -2.41. The quantitative estimate of drug-likeness (QED) is 0.815. The summed E-state index contributed by atoms with van der Waals surface area (Å²) in [4.78, 5) is 2.16. The maximum absolute atomic E-state index is 11.3. The lowest BCUT2D eigenvalue weighted by Crippen LogP contribution is -2.46. The minimum absolute atomic E-state index is 0.220. The van der Waals surface area contributed by atoms with Gasteiger partial charge >= 0.3 is 0 Å². The van der Waals surface area contributed by atoms with Crippen molar-refractivity contribution in [2.75, 3.05) is 32.1 Å². The number of hydrogen-bond acceptors (Lipinski definition) is 4. The van der Waals surface area contributed by atoms with Crippen LogP contribution in [0, 0.1) is 17.3 Å². The maximum atomic E-state index is 11.3. The largest absolute Gasteiger partial charge is 0.329 e. The second-order valence-electron chi connectivity index (χ2n) is 7.89. The Hall–Kier alpha value is -0.130. The third-order valence-electron chi connectivity index (χ3n) is 5.16. The highest BCUT2D eigenvalue weighted by Gasteiger charge is 2.33. The van der Waals surface area contributed by atoms with Gasteiger partial charge in [0.15, 0.2) is 0 Å². The maximum Gasteiger partial charge on any atom is 0.148 e. The van der Waals surface area contributed by atoms with E-state index in [0.29, 0.717) is 30.5 Å². The van der Waals surface area contributed by atoms with E-state index in [2.05, 4.69) is 25.7 Å². The van der Waals surface area contributed by atoms with Gasteiger partial charge in [0, 0.05) is 25.4 Å². The molecule has 5 heteroatoms. The van der Waals surface area contributed by atoms with Gasteiger partial charge in [-0.3, -0.25) is 0 Å². The minimum atomic E-state index is -2.90. The van der Waals surface area contributed by atoms with E-state index in [0.717, 1.165) is 5.92 Å². The topological polar surface area (TPSA) is 63.4 Å². The van der Waals surface area contributed by atoms with Crippen molar-refractivity contribution in [1.82, 2.24) is 4.90 Å². The number of likely N-dealkylation sites (N-methyl/N-ethyl adjacent to an activating group) is 1. The molecule has 0 aromatic rings. The predicted octanol–water partition coefficient (Wildman–Crippen LogP) is 2.14. The number of nitrogens with zero attached hydrogens (tertiary/aromatic N) is 1. The van der Waals surface area contributed by atoms with Gasteiger partial charge in [0.2, 0.25) is 0 Å². The molecule has 0 saturated heterocycles. The van der Waals surface area contributed by atoms with E-state index in [4.69, 9.17) is 5.73 Å². The fourth-order valence-electron chi connectivity index (χ4n) is 3.58. The Labute approximate surface area is 131 Å². The highest BCUT2D eigenvalue weighted by molar-refractivity contribution is 7.90. The van der Waals surface area contributed by atoms with Gasteiger partial charge in [0.05, 0.1) is 5.75 Å². The molecule has 0 aromatic heterocycles. The Morgan fingerprint density at radius 3 is 2.10 bits per heavy atom. The first-order valence-electron chi connectivity index (χ1n) is 8.12. The van der Waals surface area contributed by atoms with Crippen molar-refractivity contribution in [3.05, 3.63) is 0 Å². The van der Waals surface area contributed by atoms with Crippen molar-refractivity contribution in [3.8, 4) is 0 Å². The van der Waals surface area contributed by atoms with E-state index in [9.17, 15) is 8.42 Å². The van der Waals surface area contributed by atoms with Crippen molar-refractivity contribution < 1.29 is 8.42 Å². The molecule has 0 spiro atoms. The zero-order chi connectivity index (χ0) is 16.3. The first kappa shape index (κ1) is 18.9. The van der Waals surface area contributed by atoms with Crippen LogP contribution in [0.5, 0.6) is 0 Å². The second-order valence-corrected chi connectivity index (χ2v) is 10.2. The average Bonchev–Trinajstić information content (AvgIpc) is 2.36. The number of nitrogens with two attached hydrogens (primary N) is 1. The molecule has 1 atom stereocenters. The van der Waals surface area contributed by atoms with Crippen molar-refractivity contribution in [2.45, 2.75) is 52.5 Å². The number of rotatable bonds is 6. The number of hydrogen-bond donors (Lipinski definition) is 1. The normalized spacial score (nSPS) is 26.0. The zero-order valence-corrected chi connectivity index (χ0v) is 15.2. The van der Waals surface area contributed by atoms with Crippen molar-refractivity contribution in [2.24, 2.45) is 23.0 Å². The molecular formula is C16H34N2O2S. The van der Waals surface area contributed by atoms with E-state index < -0.39 is 9.84 Å². The van der Waals surface area contributed by atoms with Gasteiger partial charge in [-0.25, -0.2) is 8.42 Å². The molecule has 1 aliphatic rings. The fourth-order valence-corrected chi connectivity index (χ4v) is 4.20. The smallest absolute Gasteiger partial charge is 0.148 e. The molecule has 2 N–H and O–H groups in total. The van der Waals surface area contributed by atoms with E-state index in [1.165, 1.54) is 31.9 Å². The fraction of sp³-hybridized carbons (Fsp3) is 1.00. The van der Waals surface area contributed by atoms with E-state index in [1.54, 1.807) is 0 Å². The Bertz CT molecular complexity index is 406. The van der Waals surface area contributed by atoms with Crippen LogP contribution in [-0.2, 0) is 9.84 Å². The third kappa shape index (κ3) is 6.25. The third-order valence-corrected chi connectivity index (χ3v) is 6.09. The van der Waals surface area contributed by atoms with Gasteiger partial charge in [-0.15, -0.1) is 0 Å². The minimum Gasteiger partial charge on any atom is -0.329 e. The summed E-state index contributed by atoms with van der Waals surface area (Å²) in [7, 11) is -0.890. The Morgan fingerprint density at radius 1 is 1.19 bits per heavy atom. The summed E-state index contributed by atoms with van der Waals surface area (Å²) in [6.45, 7) is 8.19. The van der Waals surface area contributed by atoms with Crippen LogP contribution >= 0.6 is 0 Å². The summed E-state index contributed by atoms with van der Waals surface area (Å²) in [5.41, 5.74) is 6.37. The summed E-state index contributed by atoms with van der Waals surface area (Å²) >= 11 is 0. The van der Waals surface area contributed by atoms with Gasteiger partial charge in [0.25, 0.3) is 0 Å². The van der Waals surface area contributed by atoms with Crippen LogP contribution in [0.1, 0.15) is 46.5 Å². The highest BCUT2D eigenvalue weighted by Crippen LogP contribution is 2.41. The van der Waals surface area contributed by atoms with Gasteiger partial charge in [0.1, 0.15) is 9.84 Å². The molecule has 0 amide bonds. The van der Waals surface area contributed by atoms with Gasteiger partial charge in [-0.05, 0) is 50.0 Å². The summed E-state index contributed by atoms with van der Waals surface area (Å²) in [6, 6.07) is 0.313. The Morgan fingerprint density at radius 2 is 1.71 bits per heavy atom. The van der Waals surface area contributed by atoms with Crippen LogP contribution in [-0.4, -0.2) is 51.5 Å². The summed E-state index contributed by atoms with van der Waals surface area (Å²) in [6.07, 6.45) is 6.27. The molecule has 0 radical (unpaired) electrons. The van der Waals surface area contributed by atoms with Crippen molar-refractivity contribution in [1.29, 1.82) is 0 Å². The molecule has 1 aliphatic carbocycles. The van der Waals surface area contributed by atoms with E-state index >= 15 is 0 Å². The molecule has 21 heavy (non-hydrogen) atoms. The van der Waals surface area contributed by atoms with Crippen LogP contribution in [0.25, 0.3) is 0 Å². The Kier molecular flexibility index (Phi) is 6.69. The van der Waals surface area contributed by atoms with Crippen LogP contribution in [0.3, 0.4) is 0 Å². The van der Waals surface area contributed by atoms with Gasteiger partial charge in [-0.2, -0.15) is 0 Å².